The van der Waals surface area contributed by atoms with Crippen LogP contribution in [0.2, 0.25) is 0 Å². The first-order valence-electron chi connectivity index (χ1n) is 12.4. The number of aromatic nitrogens is 2. The monoisotopic (exact) mass is 482 g/mol. The number of Topliss-reactive ketones (excluding diaryl/α,β-unsaturated/α-hetero) is 1. The van der Waals surface area contributed by atoms with Crippen molar-refractivity contribution in [2.24, 2.45) is 5.92 Å². The molecule has 0 unspecified atom stereocenters. The first-order valence-corrected chi connectivity index (χ1v) is 12.4. The van der Waals surface area contributed by atoms with E-state index in [1.165, 1.54) is 17.6 Å². The second-order valence-electron chi connectivity index (χ2n) is 10.1. The van der Waals surface area contributed by atoms with E-state index in [1.54, 1.807) is 12.4 Å². The number of rotatable bonds is 9. The molecule has 1 aliphatic rings. The average Bonchev–Trinajstić information content (AvgIpc) is 2.78. The van der Waals surface area contributed by atoms with Crippen LogP contribution < -0.4 is 15.8 Å². The van der Waals surface area contributed by atoms with Crippen LogP contribution in [0.5, 0.6) is 0 Å². The van der Waals surface area contributed by atoms with Crippen LogP contribution in [-0.2, 0) is 14.3 Å². The van der Waals surface area contributed by atoms with E-state index in [4.69, 9.17) is 4.74 Å². The Hall–Kier alpha value is -3.00. The standard InChI is InChI=1S/C27H38N4O4/c1-17(2)11-25(31-8-7-18(3)12-26(31)33)27(34)29-23(13-20(5)32)22-14-24(21(6)28-15-22)30-9-10-35-16-19(30)4/h7-8,12,14-15,17,19,23,25H,9-11,13,16H2,1-6H3,(H,29,34)/t19-,23+,25-/m0/s1. The van der Waals surface area contributed by atoms with Crippen molar-refractivity contribution >= 4 is 17.4 Å². The van der Waals surface area contributed by atoms with Crippen molar-refractivity contribution in [3.05, 3.63) is 57.8 Å². The Bertz CT molecular complexity index is 1110. The summed E-state index contributed by atoms with van der Waals surface area (Å²) < 4.78 is 7.07. The Labute approximate surface area is 207 Å². The van der Waals surface area contributed by atoms with Gasteiger partial charge in [-0.2, -0.15) is 0 Å². The van der Waals surface area contributed by atoms with Crippen molar-refractivity contribution in [3.63, 3.8) is 0 Å². The van der Waals surface area contributed by atoms with E-state index in [2.05, 4.69) is 22.1 Å². The van der Waals surface area contributed by atoms with E-state index in [1.807, 2.05) is 39.8 Å². The van der Waals surface area contributed by atoms with Crippen LogP contribution in [0.3, 0.4) is 0 Å². The van der Waals surface area contributed by atoms with Crippen molar-refractivity contribution in [3.8, 4) is 0 Å². The molecule has 3 heterocycles. The van der Waals surface area contributed by atoms with Gasteiger partial charge in [0, 0.05) is 37.5 Å². The average molecular weight is 483 g/mol. The lowest BCUT2D eigenvalue weighted by Crippen LogP contribution is -2.44. The molecule has 0 aromatic carbocycles. The molecular weight excluding hydrogens is 444 g/mol. The minimum Gasteiger partial charge on any atom is -0.377 e. The number of aryl methyl sites for hydroxylation is 2. The molecule has 0 bridgehead atoms. The summed E-state index contributed by atoms with van der Waals surface area (Å²) in [5.41, 5.74) is 3.27. The first kappa shape index (κ1) is 26.6. The molecule has 1 amide bonds. The zero-order valence-electron chi connectivity index (χ0n) is 21.7. The molecule has 3 rings (SSSR count). The summed E-state index contributed by atoms with van der Waals surface area (Å²) in [6.07, 6.45) is 4.05. The fourth-order valence-corrected chi connectivity index (χ4v) is 4.55. The quantitative estimate of drug-likeness (QED) is 0.588. The summed E-state index contributed by atoms with van der Waals surface area (Å²) in [7, 11) is 0. The second kappa shape index (κ2) is 11.6. The van der Waals surface area contributed by atoms with Gasteiger partial charge in [0.2, 0.25) is 5.91 Å². The van der Waals surface area contributed by atoms with Gasteiger partial charge in [-0.15, -0.1) is 0 Å². The Morgan fingerprint density at radius 2 is 2.00 bits per heavy atom. The topological polar surface area (TPSA) is 93.5 Å². The number of morpholine rings is 1. The molecule has 0 spiro atoms. The summed E-state index contributed by atoms with van der Waals surface area (Å²) in [6.45, 7) is 13.5. The number of carbonyl (C=O) groups is 2. The maximum atomic E-state index is 13.6. The largest absolute Gasteiger partial charge is 0.377 e. The molecule has 3 atom stereocenters. The number of nitrogens with one attached hydrogen (secondary N) is 1. The van der Waals surface area contributed by atoms with Crippen LogP contribution in [0.4, 0.5) is 5.69 Å². The highest BCUT2D eigenvalue weighted by atomic mass is 16.5. The summed E-state index contributed by atoms with van der Waals surface area (Å²) >= 11 is 0. The van der Waals surface area contributed by atoms with Gasteiger partial charge < -0.3 is 19.5 Å². The van der Waals surface area contributed by atoms with Crippen LogP contribution in [-0.4, -0.2) is 47.0 Å². The normalized spacial score (nSPS) is 17.8. The van der Waals surface area contributed by atoms with Crippen LogP contribution in [0.1, 0.15) is 69.4 Å². The third-order valence-electron chi connectivity index (χ3n) is 6.41. The van der Waals surface area contributed by atoms with Crippen LogP contribution in [0.15, 0.2) is 35.4 Å². The third kappa shape index (κ3) is 6.78. The molecule has 0 radical (unpaired) electrons. The molecule has 8 nitrogen and oxygen atoms in total. The van der Waals surface area contributed by atoms with E-state index in [0.717, 1.165) is 29.1 Å². The highest BCUT2D eigenvalue weighted by Gasteiger charge is 2.28. The van der Waals surface area contributed by atoms with E-state index >= 15 is 0 Å². The summed E-state index contributed by atoms with van der Waals surface area (Å²) in [4.78, 5) is 45.3. The molecular formula is C27H38N4O4. The maximum Gasteiger partial charge on any atom is 0.251 e. The Morgan fingerprint density at radius 1 is 1.26 bits per heavy atom. The predicted octanol–water partition coefficient (Wildman–Crippen LogP) is 3.51. The number of ketones is 1. The minimum absolute atomic E-state index is 0.0370. The van der Waals surface area contributed by atoms with Gasteiger partial charge in [0.05, 0.1) is 30.6 Å². The number of carbonyl (C=O) groups excluding carboxylic acids is 2. The van der Waals surface area contributed by atoms with Gasteiger partial charge >= 0.3 is 0 Å². The van der Waals surface area contributed by atoms with Crippen molar-refractivity contribution in [1.82, 2.24) is 14.9 Å². The molecule has 2 aromatic rings. The van der Waals surface area contributed by atoms with E-state index < -0.39 is 12.1 Å². The highest BCUT2D eigenvalue weighted by molar-refractivity contribution is 5.82. The van der Waals surface area contributed by atoms with Gasteiger partial charge in [0.1, 0.15) is 11.8 Å². The molecule has 2 aromatic heterocycles. The number of nitrogens with zero attached hydrogens (tertiary/aromatic N) is 3. The van der Waals surface area contributed by atoms with Gasteiger partial charge in [-0.1, -0.05) is 13.8 Å². The number of ether oxygens (including phenoxy) is 1. The summed E-state index contributed by atoms with van der Waals surface area (Å²) in [5.74, 6) is -0.122. The molecule has 1 saturated heterocycles. The molecule has 8 heteroatoms. The smallest absolute Gasteiger partial charge is 0.251 e. The van der Waals surface area contributed by atoms with Gasteiger partial charge in [-0.05, 0) is 63.3 Å². The van der Waals surface area contributed by atoms with Crippen molar-refractivity contribution in [1.29, 1.82) is 0 Å². The zero-order valence-corrected chi connectivity index (χ0v) is 21.7. The third-order valence-corrected chi connectivity index (χ3v) is 6.41. The lowest BCUT2D eigenvalue weighted by molar-refractivity contribution is -0.126. The first-order chi connectivity index (χ1) is 16.6. The summed E-state index contributed by atoms with van der Waals surface area (Å²) in [5, 5.41) is 3.07. The molecule has 1 N–H and O–H groups in total. The Morgan fingerprint density at radius 3 is 2.63 bits per heavy atom. The maximum absolute atomic E-state index is 13.6. The van der Waals surface area contributed by atoms with Crippen LogP contribution >= 0.6 is 0 Å². The predicted molar refractivity (Wildman–Crippen MR) is 137 cm³/mol. The molecule has 190 valence electrons. The van der Waals surface area contributed by atoms with Crippen LogP contribution in [0, 0.1) is 19.8 Å². The molecule has 0 saturated carbocycles. The van der Waals surface area contributed by atoms with Gasteiger partial charge in [0.15, 0.2) is 0 Å². The molecule has 1 fully saturated rings. The fraction of sp³-hybridized carbons (Fsp3) is 0.556. The zero-order chi connectivity index (χ0) is 25.7. The van der Waals surface area contributed by atoms with Crippen molar-refractivity contribution in [2.45, 2.75) is 72.5 Å². The molecule has 0 aliphatic carbocycles. The van der Waals surface area contributed by atoms with Crippen molar-refractivity contribution < 1.29 is 14.3 Å². The van der Waals surface area contributed by atoms with Gasteiger partial charge in [-0.25, -0.2) is 0 Å². The number of amides is 1. The number of pyridine rings is 2. The Kier molecular flexibility index (Phi) is 8.83. The fourth-order valence-electron chi connectivity index (χ4n) is 4.55. The molecule has 35 heavy (non-hydrogen) atoms. The van der Waals surface area contributed by atoms with Gasteiger partial charge in [-0.3, -0.25) is 19.4 Å². The summed E-state index contributed by atoms with van der Waals surface area (Å²) in [6, 6.07) is 4.37. The molecule has 1 aliphatic heterocycles. The SMILES string of the molecule is CC(=O)C[C@@H](NC(=O)[C@H](CC(C)C)n1ccc(C)cc1=O)c1cnc(C)c(N2CCOC[C@@H]2C)c1. The van der Waals surface area contributed by atoms with Crippen molar-refractivity contribution in [2.75, 3.05) is 24.7 Å². The number of hydrogen-bond donors (Lipinski definition) is 1. The number of anilines is 1. The highest BCUT2D eigenvalue weighted by Crippen LogP contribution is 2.28. The van der Waals surface area contributed by atoms with E-state index in [0.29, 0.717) is 19.6 Å². The van der Waals surface area contributed by atoms with E-state index in [9.17, 15) is 14.4 Å². The lowest BCUT2D eigenvalue weighted by atomic mass is 9.99. The minimum atomic E-state index is -0.672. The number of hydrogen-bond acceptors (Lipinski definition) is 6. The second-order valence-corrected chi connectivity index (χ2v) is 10.1. The lowest BCUT2D eigenvalue weighted by Gasteiger charge is -2.36. The van der Waals surface area contributed by atoms with Crippen LogP contribution in [0.25, 0.3) is 0 Å². The van der Waals surface area contributed by atoms with Gasteiger partial charge in [0.25, 0.3) is 5.56 Å². The Balaban J connectivity index is 1.94. The van der Waals surface area contributed by atoms with E-state index in [-0.39, 0.29) is 35.6 Å².